The van der Waals surface area contributed by atoms with Gasteiger partial charge in [0.25, 0.3) is 5.91 Å². The van der Waals surface area contributed by atoms with Gasteiger partial charge in [-0.3, -0.25) is 4.79 Å². The molecule has 1 fully saturated rings. The fourth-order valence-electron chi connectivity index (χ4n) is 2.72. The minimum absolute atomic E-state index is 0.185. The molecule has 0 aromatic heterocycles. The van der Waals surface area contributed by atoms with Crippen LogP contribution < -0.4 is 5.32 Å². The van der Waals surface area contributed by atoms with Gasteiger partial charge in [-0.15, -0.1) is 0 Å². The van der Waals surface area contributed by atoms with Gasteiger partial charge < -0.3 is 10.2 Å². The summed E-state index contributed by atoms with van der Waals surface area (Å²) in [6.45, 7) is 8.10. The molecule has 1 aromatic carbocycles. The number of amides is 1. The highest BCUT2D eigenvalue weighted by molar-refractivity contribution is 14.1. The number of nitrogens with zero attached hydrogens (tertiary/aromatic N) is 1. The van der Waals surface area contributed by atoms with E-state index in [-0.39, 0.29) is 5.91 Å². The van der Waals surface area contributed by atoms with E-state index in [2.05, 4.69) is 59.6 Å². The second-order valence-corrected chi connectivity index (χ2v) is 6.55. The molecular formula is C16H23IN2O. The number of hydrogen-bond acceptors (Lipinski definition) is 2. The van der Waals surface area contributed by atoms with Crippen LogP contribution in [0.4, 0.5) is 0 Å². The fraction of sp³-hybridized carbons (Fsp3) is 0.562. The molecule has 1 heterocycles. The third-order valence-electron chi connectivity index (χ3n) is 4.15. The van der Waals surface area contributed by atoms with Gasteiger partial charge >= 0.3 is 0 Å². The largest absolute Gasteiger partial charge is 0.333 e. The van der Waals surface area contributed by atoms with E-state index in [1.54, 1.807) is 0 Å². The Bertz CT molecular complexity index is 489. The highest BCUT2D eigenvalue weighted by Crippen LogP contribution is 2.21. The molecule has 1 aromatic rings. The van der Waals surface area contributed by atoms with E-state index < -0.39 is 0 Å². The van der Waals surface area contributed by atoms with Crippen LogP contribution in [-0.4, -0.2) is 36.0 Å². The van der Waals surface area contributed by atoms with Crippen molar-refractivity contribution >= 4 is 28.5 Å². The maximum Gasteiger partial charge on any atom is 0.255 e. The van der Waals surface area contributed by atoms with Crippen molar-refractivity contribution in [2.45, 2.75) is 45.7 Å². The Morgan fingerprint density at radius 1 is 1.40 bits per heavy atom. The van der Waals surface area contributed by atoms with E-state index in [0.717, 1.165) is 35.1 Å². The number of benzene rings is 1. The number of halogens is 1. The summed E-state index contributed by atoms with van der Waals surface area (Å²) >= 11 is 2.29. The SMILES string of the molecule is CCC1CN(C(=O)c2cccc(C)c2I)C(CC)CN1. The number of hydrogen-bond donors (Lipinski definition) is 1. The molecule has 0 saturated carbocycles. The van der Waals surface area contributed by atoms with Crippen molar-refractivity contribution in [3.8, 4) is 0 Å². The highest BCUT2D eigenvalue weighted by Gasteiger charge is 2.30. The molecule has 1 amide bonds. The molecule has 0 radical (unpaired) electrons. The third kappa shape index (κ3) is 3.17. The summed E-state index contributed by atoms with van der Waals surface area (Å²) < 4.78 is 1.08. The summed E-state index contributed by atoms with van der Waals surface area (Å²) in [6.07, 6.45) is 2.06. The monoisotopic (exact) mass is 386 g/mol. The predicted octanol–water partition coefficient (Wildman–Crippen LogP) is 3.20. The molecule has 0 bridgehead atoms. The summed E-state index contributed by atoms with van der Waals surface area (Å²) in [5.74, 6) is 0.185. The first-order valence-electron chi connectivity index (χ1n) is 7.37. The summed E-state index contributed by atoms with van der Waals surface area (Å²) in [5.41, 5.74) is 2.02. The van der Waals surface area contributed by atoms with E-state index in [9.17, 15) is 4.79 Å². The lowest BCUT2D eigenvalue weighted by molar-refractivity contribution is 0.0574. The maximum atomic E-state index is 12.9. The van der Waals surface area contributed by atoms with Crippen LogP contribution in [0.2, 0.25) is 0 Å². The summed E-state index contributed by atoms with van der Waals surface area (Å²) in [7, 11) is 0. The van der Waals surface area contributed by atoms with E-state index in [1.807, 2.05) is 12.1 Å². The van der Waals surface area contributed by atoms with Gasteiger partial charge in [-0.05, 0) is 54.0 Å². The lowest BCUT2D eigenvalue weighted by atomic mass is 10.0. The van der Waals surface area contributed by atoms with Crippen molar-refractivity contribution in [1.29, 1.82) is 0 Å². The minimum Gasteiger partial charge on any atom is -0.333 e. The molecule has 20 heavy (non-hydrogen) atoms. The average molecular weight is 386 g/mol. The van der Waals surface area contributed by atoms with Crippen molar-refractivity contribution in [3.63, 3.8) is 0 Å². The lowest BCUT2D eigenvalue weighted by Crippen LogP contribution is -2.58. The molecule has 2 atom stereocenters. The fourth-order valence-corrected chi connectivity index (χ4v) is 3.31. The van der Waals surface area contributed by atoms with Gasteiger partial charge in [0.05, 0.1) is 5.56 Å². The van der Waals surface area contributed by atoms with Gasteiger partial charge in [0.2, 0.25) is 0 Å². The zero-order chi connectivity index (χ0) is 14.7. The zero-order valence-electron chi connectivity index (χ0n) is 12.4. The van der Waals surface area contributed by atoms with E-state index >= 15 is 0 Å². The molecular weight excluding hydrogens is 363 g/mol. The average Bonchev–Trinajstić information content (AvgIpc) is 2.48. The topological polar surface area (TPSA) is 32.3 Å². The Kier molecular flexibility index (Phi) is 5.43. The molecule has 1 N–H and O–H groups in total. The van der Waals surface area contributed by atoms with Crippen LogP contribution in [0.1, 0.15) is 42.6 Å². The first kappa shape index (κ1) is 15.8. The Balaban J connectivity index is 2.27. The Hall–Kier alpha value is -0.620. The molecule has 3 nitrogen and oxygen atoms in total. The van der Waals surface area contributed by atoms with Gasteiger partial charge in [0.15, 0.2) is 0 Å². The molecule has 1 aliphatic heterocycles. The summed E-state index contributed by atoms with van der Waals surface area (Å²) in [5, 5.41) is 3.54. The first-order valence-corrected chi connectivity index (χ1v) is 8.45. The molecule has 2 unspecified atom stereocenters. The van der Waals surface area contributed by atoms with Crippen molar-refractivity contribution in [2.75, 3.05) is 13.1 Å². The standard InChI is InChI=1S/C16H23IN2O/c1-4-12-10-19(13(5-2)9-18-12)16(20)14-8-6-7-11(3)15(14)17/h6-8,12-13,18H,4-5,9-10H2,1-3H3. The molecule has 0 aliphatic carbocycles. The highest BCUT2D eigenvalue weighted by atomic mass is 127. The first-order chi connectivity index (χ1) is 9.58. The van der Waals surface area contributed by atoms with Crippen molar-refractivity contribution < 1.29 is 4.79 Å². The Morgan fingerprint density at radius 2 is 2.15 bits per heavy atom. The van der Waals surface area contributed by atoms with Gasteiger partial charge in [0.1, 0.15) is 0 Å². The second kappa shape index (κ2) is 6.89. The van der Waals surface area contributed by atoms with Crippen LogP contribution in [0.15, 0.2) is 18.2 Å². The number of piperazine rings is 1. The van der Waals surface area contributed by atoms with Crippen molar-refractivity contribution in [1.82, 2.24) is 10.2 Å². The van der Waals surface area contributed by atoms with Crippen LogP contribution in [0.25, 0.3) is 0 Å². The number of carbonyl (C=O) groups excluding carboxylic acids is 1. The molecule has 110 valence electrons. The lowest BCUT2D eigenvalue weighted by Gasteiger charge is -2.40. The number of rotatable bonds is 3. The predicted molar refractivity (Wildman–Crippen MR) is 91.1 cm³/mol. The van der Waals surface area contributed by atoms with Gasteiger partial charge in [-0.2, -0.15) is 0 Å². The minimum atomic E-state index is 0.185. The van der Waals surface area contributed by atoms with Crippen molar-refractivity contribution in [3.05, 3.63) is 32.9 Å². The van der Waals surface area contributed by atoms with Crippen LogP contribution in [-0.2, 0) is 0 Å². The molecule has 2 rings (SSSR count). The summed E-state index contributed by atoms with van der Waals surface area (Å²) in [4.78, 5) is 15.0. The van der Waals surface area contributed by atoms with Crippen LogP contribution in [0.5, 0.6) is 0 Å². The van der Waals surface area contributed by atoms with Crippen LogP contribution >= 0.6 is 22.6 Å². The quantitative estimate of drug-likeness (QED) is 0.810. The normalized spacial score (nSPS) is 22.9. The number of carbonyl (C=O) groups is 1. The number of aryl methyl sites for hydroxylation is 1. The van der Waals surface area contributed by atoms with Crippen LogP contribution in [0.3, 0.4) is 0 Å². The van der Waals surface area contributed by atoms with E-state index in [1.165, 1.54) is 5.56 Å². The van der Waals surface area contributed by atoms with E-state index in [0.29, 0.717) is 12.1 Å². The third-order valence-corrected chi connectivity index (χ3v) is 5.58. The van der Waals surface area contributed by atoms with E-state index in [4.69, 9.17) is 0 Å². The second-order valence-electron chi connectivity index (χ2n) is 5.47. The number of nitrogens with one attached hydrogen (secondary N) is 1. The molecule has 1 saturated heterocycles. The molecule has 1 aliphatic rings. The van der Waals surface area contributed by atoms with Crippen molar-refractivity contribution in [2.24, 2.45) is 0 Å². The molecule has 0 spiro atoms. The molecule has 4 heteroatoms. The maximum absolute atomic E-state index is 12.9. The summed E-state index contributed by atoms with van der Waals surface area (Å²) in [6, 6.07) is 6.71. The van der Waals surface area contributed by atoms with Crippen LogP contribution in [0, 0.1) is 10.5 Å². The smallest absolute Gasteiger partial charge is 0.255 e. The zero-order valence-corrected chi connectivity index (χ0v) is 14.6. The van der Waals surface area contributed by atoms with Gasteiger partial charge in [-0.25, -0.2) is 0 Å². The Morgan fingerprint density at radius 3 is 2.80 bits per heavy atom. The van der Waals surface area contributed by atoms with Gasteiger partial charge in [0, 0.05) is 28.7 Å². The Labute approximate surface area is 135 Å². The van der Waals surface area contributed by atoms with Gasteiger partial charge in [-0.1, -0.05) is 26.0 Å².